The van der Waals surface area contributed by atoms with E-state index in [0.717, 1.165) is 5.56 Å². The average Bonchev–Trinajstić information content (AvgIpc) is 3.36. The van der Waals surface area contributed by atoms with Gasteiger partial charge in [0.05, 0.1) is 20.6 Å². The molecule has 0 atom stereocenters. The summed E-state index contributed by atoms with van der Waals surface area (Å²) in [5, 5.41) is 10.4. The number of nitrogens with zero attached hydrogens (tertiary/aromatic N) is 2. The molecule has 2 heterocycles. The first-order valence-corrected chi connectivity index (χ1v) is 8.40. The number of hydrogen-bond acceptors (Lipinski definition) is 8. The van der Waals surface area contributed by atoms with Crippen LogP contribution in [0.3, 0.4) is 0 Å². The van der Waals surface area contributed by atoms with Gasteiger partial charge in [-0.25, -0.2) is 0 Å². The normalized spacial score (nSPS) is 11.9. The van der Waals surface area contributed by atoms with Crippen LogP contribution in [-0.2, 0) is 11.2 Å². The summed E-state index contributed by atoms with van der Waals surface area (Å²) in [6.45, 7) is 0.185. The molecule has 1 aliphatic rings. The maximum absolute atomic E-state index is 12.3. The molecule has 4 rings (SSSR count). The number of aromatic nitrogens is 2. The summed E-state index contributed by atoms with van der Waals surface area (Å²) in [5.74, 6) is 2.39. The van der Waals surface area contributed by atoms with Crippen molar-refractivity contribution in [3.63, 3.8) is 0 Å². The summed E-state index contributed by atoms with van der Waals surface area (Å²) in [4.78, 5) is 12.3. The fourth-order valence-electron chi connectivity index (χ4n) is 2.72. The minimum atomic E-state index is -0.294. The summed E-state index contributed by atoms with van der Waals surface area (Å²) >= 11 is 0. The topological polar surface area (TPSA) is 105 Å². The van der Waals surface area contributed by atoms with Gasteiger partial charge in [-0.05, 0) is 29.8 Å². The fourth-order valence-corrected chi connectivity index (χ4v) is 2.72. The molecule has 2 aromatic carbocycles. The Kier molecular flexibility index (Phi) is 4.71. The second kappa shape index (κ2) is 7.47. The number of carbonyl (C=O) groups is 1. The molecule has 28 heavy (non-hydrogen) atoms. The van der Waals surface area contributed by atoms with Crippen LogP contribution in [0.1, 0.15) is 5.56 Å². The predicted octanol–water partition coefficient (Wildman–Crippen LogP) is 2.66. The molecule has 9 nitrogen and oxygen atoms in total. The molecular formula is C19H17N3O6. The monoisotopic (exact) mass is 383 g/mol. The van der Waals surface area contributed by atoms with Crippen molar-refractivity contribution in [3.8, 4) is 34.5 Å². The molecule has 3 aromatic rings. The summed E-state index contributed by atoms with van der Waals surface area (Å²) in [6.07, 6.45) is 0.126. The lowest BCUT2D eigenvalue weighted by atomic mass is 10.1. The number of anilines is 1. The van der Waals surface area contributed by atoms with Crippen LogP contribution < -0.4 is 24.3 Å². The lowest BCUT2D eigenvalue weighted by Gasteiger charge is -2.05. The summed E-state index contributed by atoms with van der Waals surface area (Å²) in [6, 6.07) is 10.5. The molecule has 144 valence electrons. The summed E-state index contributed by atoms with van der Waals surface area (Å²) in [5.41, 5.74) is 1.39. The number of hydrogen-bond donors (Lipinski definition) is 1. The van der Waals surface area contributed by atoms with Crippen molar-refractivity contribution in [2.24, 2.45) is 0 Å². The SMILES string of the molecule is COc1cc(OC)cc(-c2nnc(NC(=O)Cc3ccc4c(c3)OCO4)o2)c1. The molecule has 0 aliphatic carbocycles. The zero-order valence-electron chi connectivity index (χ0n) is 15.2. The Labute approximate surface area is 160 Å². The lowest BCUT2D eigenvalue weighted by Crippen LogP contribution is -2.14. The first kappa shape index (κ1) is 17.7. The van der Waals surface area contributed by atoms with E-state index < -0.39 is 0 Å². The van der Waals surface area contributed by atoms with Crippen molar-refractivity contribution in [3.05, 3.63) is 42.0 Å². The maximum atomic E-state index is 12.3. The molecular weight excluding hydrogens is 366 g/mol. The number of fused-ring (bicyclic) bond motifs is 1. The predicted molar refractivity (Wildman–Crippen MR) is 97.7 cm³/mol. The number of methoxy groups -OCH3 is 2. The first-order valence-electron chi connectivity index (χ1n) is 8.40. The Morgan fingerprint density at radius 3 is 2.54 bits per heavy atom. The Bertz CT molecular complexity index is 994. The number of amides is 1. The molecule has 0 fully saturated rings. The van der Waals surface area contributed by atoms with E-state index in [4.69, 9.17) is 23.4 Å². The molecule has 0 bridgehead atoms. The minimum absolute atomic E-state index is 0.00234. The highest BCUT2D eigenvalue weighted by atomic mass is 16.7. The molecule has 1 amide bonds. The minimum Gasteiger partial charge on any atom is -0.497 e. The zero-order valence-corrected chi connectivity index (χ0v) is 15.2. The highest BCUT2D eigenvalue weighted by Crippen LogP contribution is 2.33. The van der Waals surface area contributed by atoms with E-state index in [2.05, 4.69) is 15.5 Å². The van der Waals surface area contributed by atoms with Crippen LogP contribution in [-0.4, -0.2) is 37.1 Å². The van der Waals surface area contributed by atoms with E-state index in [1.807, 2.05) is 0 Å². The number of benzene rings is 2. The van der Waals surface area contributed by atoms with Crippen molar-refractivity contribution in [2.45, 2.75) is 6.42 Å². The molecule has 0 saturated heterocycles. The van der Waals surface area contributed by atoms with Crippen LogP contribution in [0.15, 0.2) is 40.8 Å². The third-order valence-corrected chi connectivity index (χ3v) is 4.07. The summed E-state index contributed by atoms with van der Waals surface area (Å²) in [7, 11) is 3.10. The molecule has 0 unspecified atom stereocenters. The van der Waals surface area contributed by atoms with E-state index in [-0.39, 0.29) is 31.0 Å². The molecule has 0 spiro atoms. The third kappa shape index (κ3) is 3.68. The first-order chi connectivity index (χ1) is 13.6. The molecule has 1 N–H and O–H groups in total. The molecule has 9 heteroatoms. The quantitative estimate of drug-likeness (QED) is 0.693. The molecule has 1 aromatic heterocycles. The lowest BCUT2D eigenvalue weighted by molar-refractivity contribution is -0.115. The number of ether oxygens (including phenoxy) is 4. The van der Waals surface area contributed by atoms with Crippen molar-refractivity contribution >= 4 is 11.9 Å². The molecule has 0 saturated carbocycles. The average molecular weight is 383 g/mol. The van der Waals surface area contributed by atoms with Gasteiger partial charge in [-0.2, -0.15) is 0 Å². The third-order valence-electron chi connectivity index (χ3n) is 4.07. The second-order valence-electron chi connectivity index (χ2n) is 5.93. The van der Waals surface area contributed by atoms with E-state index >= 15 is 0 Å². The van der Waals surface area contributed by atoms with E-state index in [9.17, 15) is 4.79 Å². The number of nitrogens with one attached hydrogen (secondary N) is 1. The molecule has 1 aliphatic heterocycles. The highest BCUT2D eigenvalue weighted by Gasteiger charge is 2.16. The number of rotatable bonds is 6. The van der Waals surface area contributed by atoms with Gasteiger partial charge in [0.2, 0.25) is 18.6 Å². The van der Waals surface area contributed by atoms with Crippen LogP contribution >= 0.6 is 0 Å². The Morgan fingerprint density at radius 2 is 1.79 bits per heavy atom. The van der Waals surface area contributed by atoms with Gasteiger partial charge >= 0.3 is 6.01 Å². The number of carbonyl (C=O) groups excluding carboxylic acids is 1. The van der Waals surface area contributed by atoms with Gasteiger partial charge in [-0.15, -0.1) is 5.10 Å². The zero-order chi connectivity index (χ0) is 19.5. The summed E-state index contributed by atoms with van der Waals surface area (Å²) < 4.78 is 26.6. The van der Waals surface area contributed by atoms with Crippen LogP contribution in [0.4, 0.5) is 6.01 Å². The van der Waals surface area contributed by atoms with Crippen molar-refractivity contribution in [1.82, 2.24) is 10.2 Å². The van der Waals surface area contributed by atoms with E-state index in [0.29, 0.717) is 28.6 Å². The van der Waals surface area contributed by atoms with E-state index in [1.54, 1.807) is 50.6 Å². The Hall–Kier alpha value is -3.75. The Balaban J connectivity index is 1.45. The van der Waals surface area contributed by atoms with E-state index in [1.165, 1.54) is 0 Å². The van der Waals surface area contributed by atoms with Crippen LogP contribution in [0, 0.1) is 0 Å². The van der Waals surface area contributed by atoms with Gasteiger partial charge in [0.1, 0.15) is 11.5 Å². The smallest absolute Gasteiger partial charge is 0.322 e. The van der Waals surface area contributed by atoms with Gasteiger partial charge in [0.15, 0.2) is 11.5 Å². The van der Waals surface area contributed by atoms with Crippen LogP contribution in [0.25, 0.3) is 11.5 Å². The maximum Gasteiger partial charge on any atom is 0.322 e. The second-order valence-corrected chi connectivity index (χ2v) is 5.93. The van der Waals surface area contributed by atoms with Crippen LogP contribution in [0.5, 0.6) is 23.0 Å². The van der Waals surface area contributed by atoms with Gasteiger partial charge in [0.25, 0.3) is 0 Å². The van der Waals surface area contributed by atoms with Crippen LogP contribution in [0.2, 0.25) is 0 Å². The van der Waals surface area contributed by atoms with Gasteiger partial charge < -0.3 is 23.4 Å². The Morgan fingerprint density at radius 1 is 1.04 bits per heavy atom. The molecule has 0 radical (unpaired) electrons. The van der Waals surface area contributed by atoms with Gasteiger partial charge in [-0.1, -0.05) is 11.2 Å². The van der Waals surface area contributed by atoms with Crippen molar-refractivity contribution < 1.29 is 28.2 Å². The highest BCUT2D eigenvalue weighted by molar-refractivity contribution is 5.90. The standard InChI is InChI=1S/C19H17N3O6/c1-24-13-7-12(8-14(9-13)25-2)18-21-22-19(28-18)20-17(23)6-11-3-4-15-16(5-11)27-10-26-15/h3-5,7-9H,6,10H2,1-2H3,(H,20,22,23). The van der Waals surface area contributed by atoms with Crippen molar-refractivity contribution in [1.29, 1.82) is 0 Å². The van der Waals surface area contributed by atoms with Crippen molar-refractivity contribution in [2.75, 3.05) is 26.3 Å². The largest absolute Gasteiger partial charge is 0.497 e. The fraction of sp³-hybridized carbons (Fsp3) is 0.211. The van der Waals surface area contributed by atoms with Gasteiger partial charge in [-0.3, -0.25) is 10.1 Å². The van der Waals surface area contributed by atoms with Gasteiger partial charge in [0, 0.05) is 11.6 Å².